The third kappa shape index (κ3) is 2.59. The number of ether oxygens (including phenoxy) is 1. The molecule has 0 aliphatic rings. The van der Waals surface area contributed by atoms with Crippen LogP contribution in [0.3, 0.4) is 0 Å². The zero-order chi connectivity index (χ0) is 12.3. The maximum Gasteiger partial charge on any atom is 0.451 e. The number of hydrogen-bond donors (Lipinski definition) is 1. The number of hydrogen-bond acceptors (Lipinski definition) is 5. The molecule has 0 aliphatic carbocycles. The highest BCUT2D eigenvalue weighted by atomic mass is 19.4. The molecule has 2 N–H and O–H groups in total. The lowest BCUT2D eigenvalue weighted by atomic mass is 10.3. The number of nitrogen functional groups attached to an aromatic ring is 1. The van der Waals surface area contributed by atoms with Crippen molar-refractivity contribution in [2.75, 3.05) is 12.3 Å². The van der Waals surface area contributed by atoms with E-state index in [2.05, 4.69) is 14.7 Å². The Balaban J connectivity index is 3.05. The highest BCUT2D eigenvalue weighted by molar-refractivity contribution is 5.93. The molecule has 0 aromatic carbocycles. The van der Waals surface area contributed by atoms with Gasteiger partial charge in [0.1, 0.15) is 11.4 Å². The number of nitrogens with zero attached hydrogens (tertiary/aromatic N) is 2. The molecule has 0 unspecified atom stereocenters. The number of anilines is 1. The molecule has 1 aromatic rings. The molecule has 0 radical (unpaired) electrons. The van der Waals surface area contributed by atoms with Crippen LogP contribution < -0.4 is 5.73 Å². The molecular formula is C8H8F3N3O2. The van der Waals surface area contributed by atoms with Crippen molar-refractivity contribution < 1.29 is 22.7 Å². The van der Waals surface area contributed by atoms with Gasteiger partial charge >= 0.3 is 12.1 Å². The van der Waals surface area contributed by atoms with Gasteiger partial charge in [0.15, 0.2) is 0 Å². The number of rotatable bonds is 2. The van der Waals surface area contributed by atoms with E-state index in [-0.39, 0.29) is 12.2 Å². The average molecular weight is 235 g/mol. The third-order valence-corrected chi connectivity index (χ3v) is 1.57. The van der Waals surface area contributed by atoms with Gasteiger partial charge in [0.05, 0.1) is 6.61 Å². The second-order valence-electron chi connectivity index (χ2n) is 2.71. The van der Waals surface area contributed by atoms with Crippen LogP contribution >= 0.6 is 0 Å². The monoisotopic (exact) mass is 235 g/mol. The predicted octanol–water partition coefficient (Wildman–Crippen LogP) is 1.25. The number of aromatic nitrogens is 2. The van der Waals surface area contributed by atoms with Gasteiger partial charge in [-0.3, -0.25) is 0 Å². The summed E-state index contributed by atoms with van der Waals surface area (Å²) in [6, 6.07) is 0. The molecule has 0 spiro atoms. The fourth-order valence-corrected chi connectivity index (χ4v) is 0.898. The van der Waals surface area contributed by atoms with Crippen molar-refractivity contribution in [2.24, 2.45) is 0 Å². The first-order valence-corrected chi connectivity index (χ1v) is 4.23. The molecule has 88 valence electrons. The van der Waals surface area contributed by atoms with Crippen LogP contribution in [0, 0.1) is 0 Å². The van der Waals surface area contributed by atoms with Crippen molar-refractivity contribution in [3.63, 3.8) is 0 Å². The van der Waals surface area contributed by atoms with Crippen LogP contribution in [0.15, 0.2) is 6.20 Å². The lowest BCUT2D eigenvalue weighted by Crippen LogP contribution is -2.16. The van der Waals surface area contributed by atoms with E-state index in [1.54, 1.807) is 6.92 Å². The summed E-state index contributed by atoms with van der Waals surface area (Å²) >= 11 is 0. The van der Waals surface area contributed by atoms with E-state index in [1.165, 1.54) is 0 Å². The summed E-state index contributed by atoms with van der Waals surface area (Å²) in [5.41, 5.74) is 4.91. The second-order valence-corrected chi connectivity index (χ2v) is 2.71. The van der Waals surface area contributed by atoms with E-state index in [9.17, 15) is 18.0 Å². The van der Waals surface area contributed by atoms with Gasteiger partial charge in [-0.05, 0) is 6.92 Å². The van der Waals surface area contributed by atoms with Gasteiger partial charge in [-0.2, -0.15) is 13.2 Å². The van der Waals surface area contributed by atoms with E-state index in [4.69, 9.17) is 5.73 Å². The van der Waals surface area contributed by atoms with Gasteiger partial charge < -0.3 is 10.5 Å². The van der Waals surface area contributed by atoms with Crippen LogP contribution in [0.1, 0.15) is 23.1 Å². The van der Waals surface area contributed by atoms with Crippen molar-refractivity contribution in [1.82, 2.24) is 9.97 Å². The van der Waals surface area contributed by atoms with Crippen molar-refractivity contribution >= 4 is 11.8 Å². The van der Waals surface area contributed by atoms with Gasteiger partial charge in [0.25, 0.3) is 0 Å². The number of halogens is 3. The van der Waals surface area contributed by atoms with Crippen LogP contribution in [0.4, 0.5) is 19.0 Å². The first-order valence-electron chi connectivity index (χ1n) is 4.23. The Hall–Kier alpha value is -1.86. The largest absolute Gasteiger partial charge is 0.462 e. The second kappa shape index (κ2) is 4.33. The van der Waals surface area contributed by atoms with E-state index in [1.807, 2.05) is 0 Å². The van der Waals surface area contributed by atoms with E-state index in [0.717, 1.165) is 0 Å². The van der Waals surface area contributed by atoms with E-state index < -0.39 is 23.8 Å². The van der Waals surface area contributed by atoms with Crippen molar-refractivity contribution in [3.8, 4) is 0 Å². The van der Waals surface area contributed by atoms with Crippen molar-refractivity contribution in [2.45, 2.75) is 13.1 Å². The summed E-state index contributed by atoms with van der Waals surface area (Å²) in [4.78, 5) is 17.1. The highest BCUT2D eigenvalue weighted by Gasteiger charge is 2.35. The summed E-state index contributed by atoms with van der Waals surface area (Å²) in [6.07, 6.45) is -4.00. The van der Waals surface area contributed by atoms with Crippen molar-refractivity contribution in [1.29, 1.82) is 0 Å². The lowest BCUT2D eigenvalue weighted by molar-refractivity contribution is -0.144. The third-order valence-electron chi connectivity index (χ3n) is 1.57. The predicted molar refractivity (Wildman–Crippen MR) is 47.4 cm³/mol. The Bertz CT molecular complexity index is 406. The molecule has 0 aliphatic heterocycles. The maximum atomic E-state index is 12.2. The smallest absolute Gasteiger partial charge is 0.451 e. The minimum atomic E-state index is -4.69. The zero-order valence-corrected chi connectivity index (χ0v) is 8.21. The first kappa shape index (κ1) is 12.2. The molecule has 16 heavy (non-hydrogen) atoms. The van der Waals surface area contributed by atoms with Gasteiger partial charge in [-0.25, -0.2) is 14.8 Å². The first-order chi connectivity index (χ1) is 7.36. The highest BCUT2D eigenvalue weighted by Crippen LogP contribution is 2.26. The minimum absolute atomic E-state index is 0.0826. The van der Waals surface area contributed by atoms with E-state index in [0.29, 0.717) is 6.20 Å². The number of alkyl halides is 3. The van der Waals surface area contributed by atoms with Gasteiger partial charge in [0, 0.05) is 6.20 Å². The molecule has 5 nitrogen and oxygen atoms in total. The summed E-state index contributed by atoms with van der Waals surface area (Å²) in [6.45, 7) is 1.64. The summed E-state index contributed by atoms with van der Waals surface area (Å²) in [7, 11) is 0. The normalized spacial score (nSPS) is 11.2. The van der Waals surface area contributed by atoms with Gasteiger partial charge in [-0.1, -0.05) is 0 Å². The Morgan fingerprint density at radius 3 is 2.62 bits per heavy atom. The minimum Gasteiger partial charge on any atom is -0.462 e. The van der Waals surface area contributed by atoms with E-state index >= 15 is 0 Å². The fraction of sp³-hybridized carbons (Fsp3) is 0.375. The molecule has 1 heterocycles. The summed E-state index contributed by atoms with van der Waals surface area (Å²) < 4.78 is 41.0. The fourth-order valence-electron chi connectivity index (χ4n) is 0.898. The molecule has 0 fully saturated rings. The number of carbonyl (C=O) groups excluding carboxylic acids is 1. The maximum absolute atomic E-state index is 12.2. The SMILES string of the molecule is CCOC(=O)c1cnc(C(F)(F)F)nc1N. The summed E-state index contributed by atoms with van der Waals surface area (Å²) in [5, 5.41) is 0. The standard InChI is InChI=1S/C8H8F3N3O2/c1-2-16-6(15)4-3-13-7(8(9,10)11)14-5(4)12/h3H,2H2,1H3,(H2,12,13,14). The number of esters is 1. The quantitative estimate of drug-likeness (QED) is 0.780. The van der Waals surface area contributed by atoms with Crippen LogP contribution in [-0.4, -0.2) is 22.5 Å². The van der Waals surface area contributed by atoms with Crippen LogP contribution in [0.5, 0.6) is 0 Å². The van der Waals surface area contributed by atoms with Gasteiger partial charge in [-0.15, -0.1) is 0 Å². The molecule has 0 atom stereocenters. The topological polar surface area (TPSA) is 78.1 Å². The van der Waals surface area contributed by atoms with Gasteiger partial charge in [0.2, 0.25) is 5.82 Å². The molecule has 0 bridgehead atoms. The molecule has 1 rings (SSSR count). The lowest BCUT2D eigenvalue weighted by Gasteiger charge is -2.07. The Labute approximate surface area is 88.4 Å². The van der Waals surface area contributed by atoms with Crippen molar-refractivity contribution in [3.05, 3.63) is 17.6 Å². The Morgan fingerprint density at radius 2 is 2.19 bits per heavy atom. The van der Waals surface area contributed by atoms with Crippen LogP contribution in [0.2, 0.25) is 0 Å². The molecule has 0 saturated heterocycles. The number of nitrogens with two attached hydrogens (primary N) is 1. The van der Waals surface area contributed by atoms with Crippen LogP contribution in [0.25, 0.3) is 0 Å². The average Bonchev–Trinajstić information content (AvgIpc) is 2.16. The molecule has 0 saturated carbocycles. The molecular weight excluding hydrogens is 227 g/mol. The molecule has 8 heteroatoms. The molecule has 0 amide bonds. The summed E-state index contributed by atoms with van der Waals surface area (Å²) in [5.74, 6) is -2.80. The Kier molecular flexibility index (Phi) is 3.31. The number of carbonyl (C=O) groups is 1. The zero-order valence-electron chi connectivity index (χ0n) is 8.21. The van der Waals surface area contributed by atoms with Crippen LogP contribution in [-0.2, 0) is 10.9 Å². The molecule has 1 aromatic heterocycles. The Morgan fingerprint density at radius 1 is 1.56 bits per heavy atom.